The summed E-state index contributed by atoms with van der Waals surface area (Å²) in [5, 5.41) is 9.82. The third kappa shape index (κ3) is 4.70. The van der Waals surface area contributed by atoms with Gasteiger partial charge in [-0.2, -0.15) is 5.10 Å². The Morgan fingerprint density at radius 3 is 2.52 bits per heavy atom. The number of aromatic amines is 1. The number of benzene rings is 2. The van der Waals surface area contributed by atoms with Gasteiger partial charge in [0.1, 0.15) is 18.1 Å². The number of hydrogen-bond donors (Lipinski definition) is 2. The van der Waals surface area contributed by atoms with E-state index in [2.05, 4.69) is 34.6 Å². The van der Waals surface area contributed by atoms with Gasteiger partial charge in [0.15, 0.2) is 0 Å². The number of para-hydroxylation sites is 1. The van der Waals surface area contributed by atoms with Gasteiger partial charge in [0.05, 0.1) is 5.69 Å². The van der Waals surface area contributed by atoms with Crippen LogP contribution in [-0.2, 0) is 6.61 Å². The zero-order chi connectivity index (χ0) is 17.5. The Kier molecular flexibility index (Phi) is 5.46. The summed E-state index contributed by atoms with van der Waals surface area (Å²) in [4.78, 5) is 12.2. The molecule has 0 spiro atoms. The van der Waals surface area contributed by atoms with E-state index in [1.807, 2.05) is 48.5 Å². The minimum Gasteiger partial charge on any atom is -0.487 e. The van der Waals surface area contributed by atoms with Crippen molar-refractivity contribution in [3.63, 3.8) is 0 Å². The maximum Gasteiger partial charge on any atom is 0.271 e. The molecule has 0 radical (unpaired) electrons. The molecular formula is C20H21N3O2. The molecule has 0 aliphatic heterocycles. The van der Waals surface area contributed by atoms with Crippen LogP contribution in [0.1, 0.15) is 34.6 Å². The number of carbonyl (C=O) groups is 1. The van der Waals surface area contributed by atoms with Crippen LogP contribution in [-0.4, -0.2) is 22.6 Å². The summed E-state index contributed by atoms with van der Waals surface area (Å²) in [6, 6.07) is 21.3. The van der Waals surface area contributed by atoms with Crippen molar-refractivity contribution in [2.75, 3.05) is 6.54 Å². The van der Waals surface area contributed by atoms with E-state index in [9.17, 15) is 4.79 Å². The van der Waals surface area contributed by atoms with E-state index < -0.39 is 0 Å². The zero-order valence-corrected chi connectivity index (χ0v) is 14.1. The van der Waals surface area contributed by atoms with Gasteiger partial charge in [-0.3, -0.25) is 9.89 Å². The van der Waals surface area contributed by atoms with Crippen molar-refractivity contribution >= 4 is 5.91 Å². The first-order valence-electron chi connectivity index (χ1n) is 8.27. The van der Waals surface area contributed by atoms with Crippen LogP contribution < -0.4 is 10.1 Å². The van der Waals surface area contributed by atoms with Crippen LogP contribution in [0, 0.1) is 0 Å². The average Bonchev–Trinajstić information content (AvgIpc) is 3.15. The molecule has 5 heteroatoms. The van der Waals surface area contributed by atoms with Gasteiger partial charge in [-0.05, 0) is 29.7 Å². The van der Waals surface area contributed by atoms with E-state index in [0.717, 1.165) is 11.4 Å². The smallest absolute Gasteiger partial charge is 0.271 e. The first kappa shape index (κ1) is 16.8. The molecule has 0 aliphatic carbocycles. The largest absolute Gasteiger partial charge is 0.487 e. The van der Waals surface area contributed by atoms with Gasteiger partial charge in [0.2, 0.25) is 0 Å². The fourth-order valence-electron chi connectivity index (χ4n) is 2.47. The summed E-state index contributed by atoms with van der Waals surface area (Å²) in [6.07, 6.45) is 0. The second kappa shape index (κ2) is 8.15. The summed E-state index contributed by atoms with van der Waals surface area (Å²) in [7, 11) is 0. The lowest BCUT2D eigenvalue weighted by Gasteiger charge is -2.12. The van der Waals surface area contributed by atoms with Gasteiger partial charge in [-0.1, -0.05) is 55.5 Å². The highest BCUT2D eigenvalue weighted by Gasteiger charge is 2.12. The van der Waals surface area contributed by atoms with Gasteiger partial charge in [0.25, 0.3) is 5.91 Å². The van der Waals surface area contributed by atoms with Crippen LogP contribution >= 0.6 is 0 Å². The topological polar surface area (TPSA) is 67.0 Å². The minimum atomic E-state index is -0.190. The third-order valence-electron chi connectivity index (χ3n) is 3.94. The Labute approximate surface area is 147 Å². The lowest BCUT2D eigenvalue weighted by Crippen LogP contribution is -2.27. The molecule has 3 aromatic rings. The predicted octanol–water partition coefficient (Wildman–Crippen LogP) is 3.52. The first-order chi connectivity index (χ1) is 12.2. The fraction of sp³-hybridized carbons (Fsp3) is 0.200. The van der Waals surface area contributed by atoms with Gasteiger partial charge >= 0.3 is 0 Å². The highest BCUT2D eigenvalue weighted by atomic mass is 16.5. The standard InChI is InChI=1S/C20H21N3O2/c1-15(16-8-4-2-5-9-16)13-21-20(24)19-12-17(22-23-19)14-25-18-10-6-3-7-11-18/h2-12,15H,13-14H2,1H3,(H,21,24)(H,22,23)/t15-/m1/s1. The second-order valence-electron chi connectivity index (χ2n) is 5.90. The molecular weight excluding hydrogens is 314 g/mol. The minimum absolute atomic E-state index is 0.190. The number of nitrogens with one attached hydrogen (secondary N) is 2. The summed E-state index contributed by atoms with van der Waals surface area (Å²) >= 11 is 0. The Bertz CT molecular complexity index is 800. The van der Waals surface area contributed by atoms with Crippen molar-refractivity contribution in [1.29, 1.82) is 0 Å². The van der Waals surface area contributed by atoms with Crippen molar-refractivity contribution in [3.8, 4) is 5.75 Å². The number of nitrogens with zero attached hydrogens (tertiary/aromatic N) is 1. The summed E-state index contributed by atoms with van der Waals surface area (Å²) in [6.45, 7) is 2.98. The van der Waals surface area contributed by atoms with Crippen molar-refractivity contribution in [2.45, 2.75) is 19.4 Å². The van der Waals surface area contributed by atoms with Crippen molar-refractivity contribution in [1.82, 2.24) is 15.5 Å². The molecule has 5 nitrogen and oxygen atoms in total. The van der Waals surface area contributed by atoms with Crippen molar-refractivity contribution in [3.05, 3.63) is 83.7 Å². The predicted molar refractivity (Wildman–Crippen MR) is 96.6 cm³/mol. The van der Waals surface area contributed by atoms with Gasteiger partial charge in [-0.25, -0.2) is 0 Å². The van der Waals surface area contributed by atoms with E-state index in [0.29, 0.717) is 18.8 Å². The Hall–Kier alpha value is -3.08. The number of rotatable bonds is 7. The molecule has 1 aromatic heterocycles. The Balaban J connectivity index is 1.50. The number of amides is 1. The molecule has 2 aromatic carbocycles. The van der Waals surface area contributed by atoms with Gasteiger partial charge < -0.3 is 10.1 Å². The van der Waals surface area contributed by atoms with Crippen LogP contribution in [0.4, 0.5) is 0 Å². The zero-order valence-electron chi connectivity index (χ0n) is 14.1. The number of ether oxygens (including phenoxy) is 1. The molecule has 0 unspecified atom stereocenters. The van der Waals surface area contributed by atoms with E-state index in [1.54, 1.807) is 6.07 Å². The number of carbonyl (C=O) groups excluding carboxylic acids is 1. The monoisotopic (exact) mass is 335 g/mol. The van der Waals surface area contributed by atoms with Crippen molar-refractivity contribution in [2.24, 2.45) is 0 Å². The third-order valence-corrected chi connectivity index (χ3v) is 3.94. The maximum atomic E-state index is 12.2. The van der Waals surface area contributed by atoms with E-state index in [1.165, 1.54) is 5.56 Å². The van der Waals surface area contributed by atoms with E-state index >= 15 is 0 Å². The molecule has 0 saturated heterocycles. The molecule has 0 fully saturated rings. The molecule has 0 aliphatic rings. The molecule has 1 heterocycles. The molecule has 1 amide bonds. The van der Waals surface area contributed by atoms with Gasteiger partial charge in [-0.15, -0.1) is 0 Å². The molecule has 0 saturated carbocycles. The fourth-order valence-corrected chi connectivity index (χ4v) is 2.47. The number of H-pyrrole nitrogens is 1. The van der Waals surface area contributed by atoms with E-state index in [-0.39, 0.29) is 11.8 Å². The van der Waals surface area contributed by atoms with Crippen LogP contribution in [0.25, 0.3) is 0 Å². The normalized spacial score (nSPS) is 11.7. The SMILES string of the molecule is C[C@H](CNC(=O)c1cc(COc2ccccc2)[nH]n1)c1ccccc1. The lowest BCUT2D eigenvalue weighted by atomic mass is 10.0. The summed E-state index contributed by atoms with van der Waals surface area (Å²) in [5.41, 5.74) is 2.32. The van der Waals surface area contributed by atoms with Crippen LogP contribution in [0.3, 0.4) is 0 Å². The Morgan fingerprint density at radius 2 is 1.80 bits per heavy atom. The number of hydrogen-bond acceptors (Lipinski definition) is 3. The molecule has 25 heavy (non-hydrogen) atoms. The second-order valence-corrected chi connectivity index (χ2v) is 5.90. The van der Waals surface area contributed by atoms with Crippen LogP contribution in [0.2, 0.25) is 0 Å². The quantitative estimate of drug-likeness (QED) is 0.694. The first-order valence-corrected chi connectivity index (χ1v) is 8.27. The highest BCUT2D eigenvalue weighted by Crippen LogP contribution is 2.14. The van der Waals surface area contributed by atoms with Crippen molar-refractivity contribution < 1.29 is 9.53 Å². The van der Waals surface area contributed by atoms with Crippen LogP contribution in [0.15, 0.2) is 66.7 Å². The maximum absolute atomic E-state index is 12.2. The van der Waals surface area contributed by atoms with E-state index in [4.69, 9.17) is 4.74 Å². The lowest BCUT2D eigenvalue weighted by molar-refractivity contribution is 0.0946. The highest BCUT2D eigenvalue weighted by molar-refractivity contribution is 5.92. The summed E-state index contributed by atoms with van der Waals surface area (Å²) < 4.78 is 5.64. The van der Waals surface area contributed by atoms with Crippen LogP contribution in [0.5, 0.6) is 5.75 Å². The molecule has 128 valence electrons. The molecule has 2 N–H and O–H groups in total. The number of aromatic nitrogens is 2. The summed E-state index contributed by atoms with van der Waals surface area (Å²) in [5.74, 6) is 0.828. The van der Waals surface area contributed by atoms with Gasteiger partial charge in [0, 0.05) is 6.54 Å². The Morgan fingerprint density at radius 1 is 1.12 bits per heavy atom. The average molecular weight is 335 g/mol. The molecule has 3 rings (SSSR count). The molecule has 1 atom stereocenters. The molecule has 0 bridgehead atoms.